The molecule has 0 bridgehead atoms. The van der Waals surface area contributed by atoms with E-state index in [0.717, 1.165) is 0 Å². The second kappa shape index (κ2) is 7.90. The van der Waals surface area contributed by atoms with Gasteiger partial charge in [-0.3, -0.25) is 4.79 Å². The Morgan fingerprint density at radius 1 is 1.12 bits per heavy atom. The summed E-state index contributed by atoms with van der Waals surface area (Å²) in [6.45, 7) is 2.26. The van der Waals surface area contributed by atoms with Gasteiger partial charge in [0.15, 0.2) is 0 Å². The average Bonchev–Trinajstić information content (AvgIpc) is 2.50. The number of ether oxygens (including phenoxy) is 1. The first-order valence-corrected chi connectivity index (χ1v) is 7.76. The zero-order valence-electron chi connectivity index (χ0n) is 12.7. The minimum absolute atomic E-state index is 0.154. The van der Waals surface area contributed by atoms with Gasteiger partial charge in [0.1, 0.15) is 5.75 Å². The Morgan fingerprint density at radius 2 is 1.88 bits per heavy atom. The number of rotatable bonds is 5. The van der Waals surface area contributed by atoms with E-state index in [2.05, 4.69) is 10.6 Å². The highest BCUT2D eigenvalue weighted by molar-refractivity contribution is 6.34. The lowest BCUT2D eigenvalue weighted by Gasteiger charge is -2.13. The van der Waals surface area contributed by atoms with Crippen molar-refractivity contribution in [3.05, 3.63) is 52.0 Å². The molecular formula is C16H15Cl2N3O3. The molecule has 0 saturated carbocycles. The van der Waals surface area contributed by atoms with Crippen LogP contribution in [0.2, 0.25) is 10.0 Å². The van der Waals surface area contributed by atoms with E-state index in [4.69, 9.17) is 33.7 Å². The fourth-order valence-electron chi connectivity index (χ4n) is 1.95. The van der Waals surface area contributed by atoms with Crippen LogP contribution in [0.4, 0.5) is 16.2 Å². The van der Waals surface area contributed by atoms with Crippen LogP contribution in [0.1, 0.15) is 17.3 Å². The Morgan fingerprint density at radius 3 is 2.50 bits per heavy atom. The molecule has 3 amide bonds. The number of nitrogens with two attached hydrogens (primary N) is 1. The Labute approximate surface area is 148 Å². The fourth-order valence-corrected chi connectivity index (χ4v) is 2.39. The molecule has 0 aromatic heterocycles. The largest absolute Gasteiger partial charge is 0.492 e. The molecule has 126 valence electrons. The number of amides is 3. The Balaban J connectivity index is 2.11. The number of halogens is 2. The lowest BCUT2D eigenvalue weighted by Crippen LogP contribution is -2.20. The molecule has 2 aromatic rings. The highest BCUT2D eigenvalue weighted by Gasteiger charge is 2.11. The Kier molecular flexibility index (Phi) is 5.89. The summed E-state index contributed by atoms with van der Waals surface area (Å²) >= 11 is 11.9. The molecule has 8 heteroatoms. The Hall–Kier alpha value is -2.44. The lowest BCUT2D eigenvalue weighted by atomic mass is 10.2. The van der Waals surface area contributed by atoms with Crippen molar-refractivity contribution >= 4 is 46.5 Å². The molecule has 0 unspecified atom stereocenters. The highest BCUT2D eigenvalue weighted by atomic mass is 35.5. The van der Waals surface area contributed by atoms with Crippen LogP contribution in [0.15, 0.2) is 36.4 Å². The molecule has 0 heterocycles. The molecule has 4 N–H and O–H groups in total. The van der Waals surface area contributed by atoms with Gasteiger partial charge in [-0.15, -0.1) is 0 Å². The first-order chi connectivity index (χ1) is 11.4. The van der Waals surface area contributed by atoms with Gasteiger partial charge in [-0.2, -0.15) is 0 Å². The highest BCUT2D eigenvalue weighted by Crippen LogP contribution is 2.28. The number of hydrogen-bond donors (Lipinski definition) is 3. The van der Waals surface area contributed by atoms with Crippen LogP contribution in [0, 0.1) is 0 Å². The van der Waals surface area contributed by atoms with Gasteiger partial charge in [-0.1, -0.05) is 23.2 Å². The summed E-state index contributed by atoms with van der Waals surface area (Å²) in [5, 5.41) is 5.92. The maximum absolute atomic E-state index is 12.1. The average molecular weight is 368 g/mol. The second-order valence-corrected chi connectivity index (χ2v) is 5.56. The van der Waals surface area contributed by atoms with Crippen LogP contribution < -0.4 is 21.1 Å². The van der Waals surface area contributed by atoms with Crippen molar-refractivity contribution in [2.24, 2.45) is 5.73 Å². The fraction of sp³-hybridized carbons (Fsp3) is 0.125. The number of carbonyl (C=O) groups excluding carboxylic acids is 2. The van der Waals surface area contributed by atoms with Crippen molar-refractivity contribution in [2.45, 2.75) is 6.92 Å². The minimum Gasteiger partial charge on any atom is -0.492 e. The van der Waals surface area contributed by atoms with Crippen LogP contribution in [0.5, 0.6) is 5.75 Å². The van der Waals surface area contributed by atoms with Gasteiger partial charge in [-0.25, -0.2) is 4.79 Å². The van der Waals surface area contributed by atoms with Crippen molar-refractivity contribution < 1.29 is 14.3 Å². The number of carbonyl (C=O) groups is 2. The van der Waals surface area contributed by atoms with Gasteiger partial charge in [0.2, 0.25) is 5.91 Å². The molecule has 0 aliphatic rings. The molecule has 0 atom stereocenters. The van der Waals surface area contributed by atoms with Gasteiger partial charge in [0.25, 0.3) is 0 Å². The van der Waals surface area contributed by atoms with Crippen LogP contribution in [0.25, 0.3) is 0 Å². The molecule has 2 rings (SSSR count). The summed E-state index contributed by atoms with van der Waals surface area (Å²) in [6.07, 6.45) is 0. The smallest absolute Gasteiger partial charge is 0.323 e. The normalized spacial score (nSPS) is 10.1. The van der Waals surface area contributed by atoms with Crippen molar-refractivity contribution in [3.63, 3.8) is 0 Å². The van der Waals surface area contributed by atoms with Crippen LogP contribution in [-0.2, 0) is 0 Å². The standard InChI is InChI=1S/C16H15Cl2N3O3/c1-2-24-14-7-9(17)3-6-13(14)21-16(23)20-10-4-5-11(15(19)22)12(18)8-10/h3-8H,2H2,1H3,(H2,19,22)(H2,20,21,23). The molecule has 0 saturated heterocycles. The first-order valence-electron chi connectivity index (χ1n) is 7.00. The van der Waals surface area contributed by atoms with Gasteiger partial charge >= 0.3 is 6.03 Å². The topological polar surface area (TPSA) is 93.4 Å². The first kappa shape index (κ1) is 17.9. The number of nitrogens with one attached hydrogen (secondary N) is 2. The quantitative estimate of drug-likeness (QED) is 0.741. The number of urea groups is 1. The molecule has 0 aliphatic carbocycles. The van der Waals surface area contributed by atoms with Crippen molar-refractivity contribution in [2.75, 3.05) is 17.2 Å². The van der Waals surface area contributed by atoms with E-state index in [0.29, 0.717) is 28.8 Å². The predicted octanol–water partition coefficient (Wildman–Crippen LogP) is 4.14. The van der Waals surface area contributed by atoms with Crippen molar-refractivity contribution in [1.82, 2.24) is 0 Å². The minimum atomic E-state index is -0.640. The molecule has 0 aliphatic heterocycles. The summed E-state index contributed by atoms with van der Waals surface area (Å²) in [6, 6.07) is 8.78. The molecule has 0 fully saturated rings. The summed E-state index contributed by atoms with van der Waals surface area (Å²) in [7, 11) is 0. The van der Waals surface area contributed by atoms with E-state index < -0.39 is 11.9 Å². The molecular weight excluding hydrogens is 353 g/mol. The lowest BCUT2D eigenvalue weighted by molar-refractivity contribution is 0.100. The van der Waals surface area contributed by atoms with E-state index >= 15 is 0 Å². The zero-order valence-corrected chi connectivity index (χ0v) is 14.2. The maximum atomic E-state index is 12.1. The number of hydrogen-bond acceptors (Lipinski definition) is 3. The van der Waals surface area contributed by atoms with Crippen LogP contribution in [-0.4, -0.2) is 18.5 Å². The SMILES string of the molecule is CCOc1cc(Cl)ccc1NC(=O)Nc1ccc(C(N)=O)c(Cl)c1. The van der Waals surface area contributed by atoms with E-state index in [9.17, 15) is 9.59 Å². The van der Waals surface area contributed by atoms with Crippen molar-refractivity contribution in [3.8, 4) is 5.75 Å². The van der Waals surface area contributed by atoms with E-state index in [1.165, 1.54) is 18.2 Å². The molecule has 6 nitrogen and oxygen atoms in total. The van der Waals surface area contributed by atoms with Crippen LogP contribution >= 0.6 is 23.2 Å². The monoisotopic (exact) mass is 367 g/mol. The molecule has 0 radical (unpaired) electrons. The number of primary amides is 1. The van der Waals surface area contributed by atoms with E-state index in [1.807, 2.05) is 6.92 Å². The number of anilines is 2. The van der Waals surface area contributed by atoms with E-state index in [1.54, 1.807) is 18.2 Å². The zero-order chi connectivity index (χ0) is 17.7. The summed E-state index contributed by atoms with van der Waals surface area (Å²) in [4.78, 5) is 23.2. The van der Waals surface area contributed by atoms with Crippen LogP contribution in [0.3, 0.4) is 0 Å². The van der Waals surface area contributed by atoms with Crippen molar-refractivity contribution in [1.29, 1.82) is 0 Å². The third-order valence-electron chi connectivity index (χ3n) is 2.98. The van der Waals surface area contributed by atoms with Gasteiger partial charge in [-0.05, 0) is 37.3 Å². The summed E-state index contributed by atoms with van der Waals surface area (Å²) in [5.41, 5.74) is 6.24. The summed E-state index contributed by atoms with van der Waals surface area (Å²) < 4.78 is 5.43. The van der Waals surface area contributed by atoms with Gasteiger partial charge < -0.3 is 21.1 Å². The molecule has 2 aromatic carbocycles. The maximum Gasteiger partial charge on any atom is 0.323 e. The third kappa shape index (κ3) is 4.53. The summed E-state index contributed by atoms with van der Waals surface area (Å²) in [5.74, 6) is -0.180. The third-order valence-corrected chi connectivity index (χ3v) is 3.53. The van der Waals surface area contributed by atoms with Gasteiger partial charge in [0.05, 0.1) is 22.9 Å². The molecule has 24 heavy (non-hydrogen) atoms. The second-order valence-electron chi connectivity index (χ2n) is 4.71. The molecule has 0 spiro atoms. The number of benzene rings is 2. The van der Waals surface area contributed by atoms with E-state index in [-0.39, 0.29) is 10.6 Å². The van der Waals surface area contributed by atoms with Gasteiger partial charge in [0, 0.05) is 16.8 Å². The Bertz CT molecular complexity index is 781. The predicted molar refractivity (Wildman–Crippen MR) is 95.2 cm³/mol.